The molecule has 0 amide bonds. The minimum atomic E-state index is -0.859. The number of carbonyl (C=O) groups is 1. The Morgan fingerprint density at radius 1 is 1.13 bits per heavy atom. The number of nitrogens with zero attached hydrogens (tertiary/aromatic N) is 2. The summed E-state index contributed by atoms with van der Waals surface area (Å²) in [5.41, 5.74) is 2.52. The van der Waals surface area contributed by atoms with Gasteiger partial charge in [-0.15, -0.1) is 0 Å². The van der Waals surface area contributed by atoms with Gasteiger partial charge < -0.3 is 14.6 Å². The topological polar surface area (TPSA) is 90.1 Å². The molecule has 1 unspecified atom stereocenters. The number of benzene rings is 3. The Kier molecular flexibility index (Phi) is 7.31. The quantitative estimate of drug-likeness (QED) is 0.336. The van der Waals surface area contributed by atoms with Gasteiger partial charge in [0.1, 0.15) is 0 Å². The van der Waals surface area contributed by atoms with Crippen molar-refractivity contribution in [3.05, 3.63) is 119 Å². The first-order valence-electron chi connectivity index (χ1n) is 11.8. The number of phenolic OH excluding ortho intramolecular Hbond substituents is 1. The van der Waals surface area contributed by atoms with Crippen LogP contribution in [-0.2, 0) is 9.53 Å². The Balaban J connectivity index is 1.84. The first-order valence-corrected chi connectivity index (χ1v) is 13.4. The van der Waals surface area contributed by atoms with E-state index in [0.717, 1.165) is 15.6 Å². The highest BCUT2D eigenvalue weighted by Crippen LogP contribution is 2.38. The molecule has 3 aromatic carbocycles. The molecule has 7 nitrogen and oxygen atoms in total. The number of hydrogen-bond donors (Lipinski definition) is 1. The fourth-order valence-electron chi connectivity index (χ4n) is 4.33. The van der Waals surface area contributed by atoms with E-state index >= 15 is 0 Å². The van der Waals surface area contributed by atoms with E-state index in [4.69, 9.17) is 14.5 Å². The van der Waals surface area contributed by atoms with Gasteiger partial charge >= 0.3 is 5.97 Å². The molecule has 2 heterocycles. The molecule has 0 fully saturated rings. The molecule has 1 N–H and O–H groups in total. The SMILES string of the molecule is CCOC(=O)C1=C(c2ccccc2)N=c2s/c(=C/c3ccc(Br)cc3)c(=O)n2C1c1ccc(O)c(OC)c1. The third-order valence-corrected chi connectivity index (χ3v) is 7.57. The largest absolute Gasteiger partial charge is 0.504 e. The highest BCUT2D eigenvalue weighted by Gasteiger charge is 2.35. The van der Waals surface area contributed by atoms with E-state index in [1.807, 2.05) is 54.6 Å². The van der Waals surface area contributed by atoms with E-state index in [-0.39, 0.29) is 29.2 Å². The summed E-state index contributed by atoms with van der Waals surface area (Å²) < 4.78 is 13.7. The van der Waals surface area contributed by atoms with Crippen LogP contribution in [0.25, 0.3) is 11.8 Å². The number of halogens is 1. The van der Waals surface area contributed by atoms with E-state index in [1.54, 1.807) is 25.1 Å². The second-order valence-electron chi connectivity index (χ2n) is 8.41. The summed E-state index contributed by atoms with van der Waals surface area (Å²) in [5, 5.41) is 10.2. The van der Waals surface area contributed by atoms with Crippen LogP contribution in [0, 0.1) is 0 Å². The zero-order valence-electron chi connectivity index (χ0n) is 20.6. The van der Waals surface area contributed by atoms with Gasteiger partial charge in [0.2, 0.25) is 0 Å². The van der Waals surface area contributed by atoms with E-state index in [1.165, 1.54) is 29.1 Å². The average Bonchev–Trinajstić information content (AvgIpc) is 3.24. The zero-order chi connectivity index (χ0) is 26.8. The van der Waals surface area contributed by atoms with E-state index in [9.17, 15) is 14.7 Å². The van der Waals surface area contributed by atoms with Gasteiger partial charge in [0.05, 0.1) is 35.6 Å². The molecule has 1 aliphatic heterocycles. The van der Waals surface area contributed by atoms with Crippen molar-refractivity contribution < 1.29 is 19.4 Å². The average molecular weight is 591 g/mol. The first-order chi connectivity index (χ1) is 18.4. The lowest BCUT2D eigenvalue weighted by Gasteiger charge is -2.26. The minimum Gasteiger partial charge on any atom is -0.504 e. The number of carbonyl (C=O) groups excluding carboxylic acids is 1. The molecule has 0 spiro atoms. The van der Waals surface area contributed by atoms with E-state index in [2.05, 4.69) is 15.9 Å². The number of ether oxygens (including phenoxy) is 2. The molecule has 38 heavy (non-hydrogen) atoms. The predicted octanol–water partition coefficient (Wildman–Crippen LogP) is 4.41. The molecule has 0 bridgehead atoms. The number of rotatable bonds is 6. The van der Waals surface area contributed by atoms with Gasteiger partial charge in [-0.1, -0.05) is 75.8 Å². The smallest absolute Gasteiger partial charge is 0.338 e. The van der Waals surface area contributed by atoms with Crippen molar-refractivity contribution >= 4 is 45.0 Å². The van der Waals surface area contributed by atoms with Crippen molar-refractivity contribution in [3.8, 4) is 11.5 Å². The van der Waals surface area contributed by atoms with Gasteiger partial charge in [0, 0.05) is 10.0 Å². The lowest BCUT2D eigenvalue weighted by Crippen LogP contribution is -2.40. The van der Waals surface area contributed by atoms with Gasteiger partial charge in [-0.3, -0.25) is 9.36 Å². The van der Waals surface area contributed by atoms with Crippen molar-refractivity contribution in [2.24, 2.45) is 4.99 Å². The molecule has 9 heteroatoms. The number of hydrogen-bond acceptors (Lipinski definition) is 7. The van der Waals surface area contributed by atoms with Crippen molar-refractivity contribution in [1.82, 2.24) is 4.57 Å². The van der Waals surface area contributed by atoms with E-state index in [0.29, 0.717) is 20.6 Å². The summed E-state index contributed by atoms with van der Waals surface area (Å²) >= 11 is 4.68. The van der Waals surface area contributed by atoms with Gasteiger partial charge in [-0.2, -0.15) is 0 Å². The molecule has 1 atom stereocenters. The van der Waals surface area contributed by atoms with Crippen LogP contribution in [0.1, 0.15) is 29.7 Å². The maximum Gasteiger partial charge on any atom is 0.338 e. The van der Waals surface area contributed by atoms with Gasteiger partial charge in [0.25, 0.3) is 5.56 Å². The summed E-state index contributed by atoms with van der Waals surface area (Å²) in [6, 6.07) is 20.9. The first kappa shape index (κ1) is 25.7. The second-order valence-corrected chi connectivity index (χ2v) is 10.3. The van der Waals surface area contributed by atoms with E-state index < -0.39 is 12.0 Å². The van der Waals surface area contributed by atoms with Crippen molar-refractivity contribution in [1.29, 1.82) is 0 Å². The van der Waals surface area contributed by atoms with Gasteiger partial charge in [-0.25, -0.2) is 9.79 Å². The molecular formula is C29H23BrN2O5S. The molecular weight excluding hydrogens is 568 g/mol. The lowest BCUT2D eigenvalue weighted by molar-refractivity contribution is -0.138. The molecule has 1 aliphatic rings. The van der Waals surface area contributed by atoms with Gasteiger partial charge in [0.15, 0.2) is 16.3 Å². The number of phenols is 1. The number of aromatic nitrogens is 1. The molecule has 4 aromatic rings. The van der Waals surface area contributed by atoms with Crippen LogP contribution in [0.2, 0.25) is 0 Å². The summed E-state index contributed by atoms with van der Waals surface area (Å²) in [6.45, 7) is 1.89. The van der Waals surface area contributed by atoms with Crippen LogP contribution in [0.3, 0.4) is 0 Å². The summed E-state index contributed by atoms with van der Waals surface area (Å²) in [4.78, 5) is 32.6. The van der Waals surface area contributed by atoms with Gasteiger partial charge in [-0.05, 0) is 48.4 Å². The molecule has 0 saturated carbocycles. The van der Waals surface area contributed by atoms with Crippen molar-refractivity contribution in [2.75, 3.05) is 13.7 Å². The van der Waals surface area contributed by atoms with Crippen LogP contribution in [0.15, 0.2) is 92.6 Å². The molecule has 0 aliphatic carbocycles. The Hall–Kier alpha value is -3.95. The third kappa shape index (κ3) is 4.82. The highest BCUT2D eigenvalue weighted by molar-refractivity contribution is 9.10. The molecule has 192 valence electrons. The Bertz CT molecular complexity index is 1720. The van der Waals surface area contributed by atoms with Crippen LogP contribution >= 0.6 is 27.3 Å². The normalized spacial score (nSPS) is 15.1. The van der Waals surface area contributed by atoms with Crippen molar-refractivity contribution in [3.63, 3.8) is 0 Å². The number of aromatic hydroxyl groups is 1. The number of esters is 1. The number of methoxy groups -OCH3 is 1. The number of fused-ring (bicyclic) bond motifs is 1. The van der Waals surface area contributed by atoms with Crippen LogP contribution in [0.5, 0.6) is 11.5 Å². The Morgan fingerprint density at radius 2 is 1.87 bits per heavy atom. The van der Waals surface area contributed by atoms with Crippen LogP contribution in [0.4, 0.5) is 0 Å². The Labute approximate surface area is 230 Å². The maximum atomic E-state index is 13.9. The van der Waals surface area contributed by atoms with Crippen molar-refractivity contribution in [2.45, 2.75) is 13.0 Å². The second kappa shape index (κ2) is 10.8. The summed E-state index contributed by atoms with van der Waals surface area (Å²) in [5.74, 6) is -0.404. The van der Waals surface area contributed by atoms with Crippen LogP contribution in [-0.4, -0.2) is 29.4 Å². The molecule has 5 rings (SSSR count). The fraction of sp³-hybridized carbons (Fsp3) is 0.138. The lowest BCUT2D eigenvalue weighted by atomic mass is 9.93. The minimum absolute atomic E-state index is 0.0520. The molecule has 0 saturated heterocycles. The summed E-state index contributed by atoms with van der Waals surface area (Å²) in [7, 11) is 1.44. The predicted molar refractivity (Wildman–Crippen MR) is 150 cm³/mol. The fourth-order valence-corrected chi connectivity index (χ4v) is 5.60. The molecule has 1 aromatic heterocycles. The Morgan fingerprint density at radius 3 is 2.55 bits per heavy atom. The third-order valence-electron chi connectivity index (χ3n) is 6.06. The molecule has 0 radical (unpaired) electrons. The maximum absolute atomic E-state index is 13.9. The van der Waals surface area contributed by atoms with Crippen LogP contribution < -0.4 is 19.6 Å². The zero-order valence-corrected chi connectivity index (χ0v) is 23.0. The monoisotopic (exact) mass is 590 g/mol. The standard InChI is InChI=1S/C29H23BrN2O5S/c1-3-37-28(35)24-25(18-7-5-4-6-8-18)31-29-32(26(24)19-11-14-21(33)22(16-19)36-2)27(34)23(38-29)15-17-9-12-20(30)13-10-17/h4-16,26,33H,3H2,1-2H3/b23-15+. The highest BCUT2D eigenvalue weighted by atomic mass is 79.9. The number of thiazole rings is 1. The summed E-state index contributed by atoms with van der Waals surface area (Å²) in [6.07, 6.45) is 1.81.